The van der Waals surface area contributed by atoms with Gasteiger partial charge in [0.15, 0.2) is 0 Å². The van der Waals surface area contributed by atoms with Crippen molar-refractivity contribution in [1.29, 1.82) is 0 Å². The van der Waals surface area contributed by atoms with Crippen LogP contribution in [0.25, 0.3) is 0 Å². The second-order valence-electron chi connectivity index (χ2n) is 6.58. The molecule has 1 amide bonds. The molecule has 0 radical (unpaired) electrons. The quantitative estimate of drug-likeness (QED) is 0.763. The van der Waals surface area contributed by atoms with E-state index in [1.54, 1.807) is 54.5 Å². The molecule has 1 aliphatic heterocycles. The second-order valence-corrected chi connectivity index (χ2v) is 8.51. The molecular weight excluding hydrogens is 380 g/mol. The summed E-state index contributed by atoms with van der Waals surface area (Å²) in [7, 11) is -0.517. The minimum Gasteiger partial charge on any atom is -0.497 e. The molecule has 0 unspecified atom stereocenters. The molecule has 0 aliphatic carbocycles. The van der Waals surface area contributed by atoms with Crippen LogP contribution in [0, 0.1) is 6.92 Å². The number of amides is 1. The molecule has 8 heteroatoms. The molecule has 0 spiro atoms. The third-order valence-electron chi connectivity index (χ3n) is 4.82. The molecule has 1 saturated heterocycles. The lowest BCUT2D eigenvalue weighted by molar-refractivity contribution is 0.0694. The number of ether oxygens (including phenoxy) is 2. The Bertz CT molecular complexity index is 949. The van der Waals surface area contributed by atoms with Gasteiger partial charge in [0.1, 0.15) is 11.5 Å². The van der Waals surface area contributed by atoms with Gasteiger partial charge in [0, 0.05) is 32.2 Å². The van der Waals surface area contributed by atoms with Crippen LogP contribution in [-0.4, -0.2) is 63.9 Å². The topological polar surface area (TPSA) is 76.2 Å². The number of rotatable bonds is 5. The van der Waals surface area contributed by atoms with Gasteiger partial charge in [-0.3, -0.25) is 4.79 Å². The zero-order valence-corrected chi connectivity index (χ0v) is 17.0. The summed E-state index contributed by atoms with van der Waals surface area (Å²) in [6, 6.07) is 11.8. The molecule has 0 bridgehead atoms. The molecule has 2 aromatic carbocycles. The number of benzene rings is 2. The van der Waals surface area contributed by atoms with Gasteiger partial charge in [-0.15, -0.1) is 0 Å². The summed E-state index contributed by atoms with van der Waals surface area (Å²) in [6.45, 7) is 3.05. The van der Waals surface area contributed by atoms with E-state index in [0.717, 1.165) is 5.56 Å². The molecule has 3 rings (SSSR count). The van der Waals surface area contributed by atoms with Gasteiger partial charge in [-0.2, -0.15) is 4.31 Å². The van der Waals surface area contributed by atoms with Crippen molar-refractivity contribution in [2.75, 3.05) is 40.4 Å². The van der Waals surface area contributed by atoms with Gasteiger partial charge in [0.05, 0.1) is 24.7 Å². The van der Waals surface area contributed by atoms with Crippen LogP contribution in [0.3, 0.4) is 0 Å². The summed E-state index contributed by atoms with van der Waals surface area (Å²) in [5.41, 5.74) is 1.43. The van der Waals surface area contributed by atoms with Crippen molar-refractivity contribution in [3.05, 3.63) is 53.6 Å². The van der Waals surface area contributed by atoms with E-state index in [2.05, 4.69) is 0 Å². The Labute approximate surface area is 165 Å². The van der Waals surface area contributed by atoms with Gasteiger partial charge in [0.2, 0.25) is 10.0 Å². The molecule has 0 saturated carbocycles. The van der Waals surface area contributed by atoms with Crippen LogP contribution < -0.4 is 9.47 Å². The number of hydrogen-bond donors (Lipinski definition) is 0. The predicted molar refractivity (Wildman–Crippen MR) is 105 cm³/mol. The third kappa shape index (κ3) is 3.98. The Morgan fingerprint density at radius 1 is 0.929 bits per heavy atom. The SMILES string of the molecule is COc1ccc(C(=O)N2CCN(S(=O)(=O)c3ccc(C)cc3)CC2)c(OC)c1. The lowest BCUT2D eigenvalue weighted by Gasteiger charge is -2.34. The van der Waals surface area contributed by atoms with Gasteiger partial charge in [-0.1, -0.05) is 17.7 Å². The summed E-state index contributed by atoms with van der Waals surface area (Å²) < 4.78 is 37.5. The number of aryl methyl sites for hydroxylation is 1. The standard InChI is InChI=1S/C20H24N2O5S/c1-15-4-7-17(8-5-15)28(24,25)22-12-10-21(11-13-22)20(23)18-9-6-16(26-2)14-19(18)27-3/h4-9,14H,10-13H2,1-3H3. The van der Waals surface area contributed by atoms with Crippen LogP contribution in [0.4, 0.5) is 0 Å². The van der Waals surface area contributed by atoms with E-state index in [1.807, 2.05) is 6.92 Å². The fraction of sp³-hybridized carbons (Fsp3) is 0.350. The minimum atomic E-state index is -3.56. The number of sulfonamides is 1. The second kappa shape index (κ2) is 8.20. The molecule has 0 atom stereocenters. The Balaban J connectivity index is 1.71. The van der Waals surface area contributed by atoms with E-state index in [4.69, 9.17) is 9.47 Å². The number of carbonyl (C=O) groups is 1. The normalized spacial score (nSPS) is 15.3. The molecule has 1 fully saturated rings. The summed E-state index contributed by atoms with van der Waals surface area (Å²) >= 11 is 0. The molecular formula is C20H24N2O5S. The number of nitrogens with zero attached hydrogens (tertiary/aromatic N) is 2. The maximum Gasteiger partial charge on any atom is 0.257 e. The van der Waals surface area contributed by atoms with Crippen LogP contribution in [0.2, 0.25) is 0 Å². The molecule has 1 heterocycles. The first-order valence-corrected chi connectivity index (χ1v) is 10.4. The van der Waals surface area contributed by atoms with Crippen LogP contribution >= 0.6 is 0 Å². The van der Waals surface area contributed by atoms with Gasteiger partial charge in [-0.25, -0.2) is 8.42 Å². The smallest absolute Gasteiger partial charge is 0.257 e. The van der Waals surface area contributed by atoms with Gasteiger partial charge in [-0.05, 0) is 31.2 Å². The molecule has 28 heavy (non-hydrogen) atoms. The fourth-order valence-corrected chi connectivity index (χ4v) is 4.56. The minimum absolute atomic E-state index is 0.188. The van der Waals surface area contributed by atoms with Gasteiger partial charge >= 0.3 is 0 Å². The maximum atomic E-state index is 12.9. The highest BCUT2D eigenvalue weighted by Crippen LogP contribution is 2.26. The van der Waals surface area contributed by atoms with Crippen molar-refractivity contribution in [2.24, 2.45) is 0 Å². The van der Waals surface area contributed by atoms with E-state index in [9.17, 15) is 13.2 Å². The predicted octanol–water partition coefficient (Wildman–Crippen LogP) is 2.16. The zero-order chi connectivity index (χ0) is 20.3. The van der Waals surface area contributed by atoms with E-state index >= 15 is 0 Å². The average molecular weight is 404 g/mol. The van der Waals surface area contributed by atoms with E-state index in [0.29, 0.717) is 30.2 Å². The molecule has 7 nitrogen and oxygen atoms in total. The Kier molecular flexibility index (Phi) is 5.90. The van der Waals surface area contributed by atoms with Crippen LogP contribution in [-0.2, 0) is 10.0 Å². The van der Waals surface area contributed by atoms with Crippen LogP contribution in [0.15, 0.2) is 47.4 Å². The zero-order valence-electron chi connectivity index (χ0n) is 16.2. The summed E-state index contributed by atoms with van der Waals surface area (Å²) in [6.07, 6.45) is 0. The average Bonchev–Trinajstić information content (AvgIpc) is 2.73. The Morgan fingerprint density at radius 3 is 2.14 bits per heavy atom. The van der Waals surface area contributed by atoms with Gasteiger partial charge < -0.3 is 14.4 Å². The Morgan fingerprint density at radius 2 is 1.57 bits per heavy atom. The molecule has 150 valence electrons. The number of piperazine rings is 1. The summed E-state index contributed by atoms with van der Waals surface area (Å²) in [5.74, 6) is 0.841. The molecule has 0 aromatic heterocycles. The first-order valence-electron chi connectivity index (χ1n) is 8.95. The van der Waals surface area contributed by atoms with Crippen molar-refractivity contribution in [1.82, 2.24) is 9.21 Å². The van der Waals surface area contributed by atoms with Crippen molar-refractivity contribution in [2.45, 2.75) is 11.8 Å². The highest BCUT2D eigenvalue weighted by Gasteiger charge is 2.31. The molecule has 0 N–H and O–H groups in total. The number of hydrogen-bond acceptors (Lipinski definition) is 5. The first-order chi connectivity index (χ1) is 13.4. The van der Waals surface area contributed by atoms with E-state index in [1.165, 1.54) is 11.4 Å². The lowest BCUT2D eigenvalue weighted by atomic mass is 10.1. The van der Waals surface area contributed by atoms with Crippen LogP contribution in [0.5, 0.6) is 11.5 Å². The lowest BCUT2D eigenvalue weighted by Crippen LogP contribution is -2.50. The first kappa shape index (κ1) is 20.2. The highest BCUT2D eigenvalue weighted by molar-refractivity contribution is 7.89. The van der Waals surface area contributed by atoms with E-state index in [-0.39, 0.29) is 23.9 Å². The van der Waals surface area contributed by atoms with Crippen molar-refractivity contribution >= 4 is 15.9 Å². The van der Waals surface area contributed by atoms with Crippen LogP contribution in [0.1, 0.15) is 15.9 Å². The monoisotopic (exact) mass is 404 g/mol. The largest absolute Gasteiger partial charge is 0.497 e. The third-order valence-corrected chi connectivity index (χ3v) is 6.74. The summed E-state index contributed by atoms with van der Waals surface area (Å²) in [4.78, 5) is 14.8. The van der Waals surface area contributed by atoms with Gasteiger partial charge in [0.25, 0.3) is 5.91 Å². The van der Waals surface area contributed by atoms with Crippen molar-refractivity contribution < 1.29 is 22.7 Å². The fourth-order valence-electron chi connectivity index (χ4n) is 3.14. The maximum absolute atomic E-state index is 12.9. The highest BCUT2D eigenvalue weighted by atomic mass is 32.2. The van der Waals surface area contributed by atoms with E-state index < -0.39 is 10.0 Å². The Hall–Kier alpha value is -2.58. The van der Waals surface area contributed by atoms with Crippen molar-refractivity contribution in [3.63, 3.8) is 0 Å². The number of carbonyl (C=O) groups excluding carboxylic acids is 1. The summed E-state index contributed by atoms with van der Waals surface area (Å²) in [5, 5.41) is 0. The molecule has 2 aromatic rings. The van der Waals surface area contributed by atoms with Crippen molar-refractivity contribution in [3.8, 4) is 11.5 Å². The number of methoxy groups -OCH3 is 2. The molecule has 1 aliphatic rings.